The molecule has 0 aromatic heterocycles. The Morgan fingerprint density at radius 3 is 1.83 bits per heavy atom. The molecule has 0 N–H and O–H groups in total. The summed E-state index contributed by atoms with van der Waals surface area (Å²) in [6, 6.07) is 0. The largest absolute Gasteiger partial charge is 0.508 e. The molecule has 0 rings (SSSR count). The molecule has 0 unspecified atom stereocenters. The van der Waals surface area contributed by atoms with Crippen molar-refractivity contribution in [2.75, 3.05) is 0 Å². The van der Waals surface area contributed by atoms with E-state index in [9.17, 15) is 4.79 Å². The lowest BCUT2D eigenvalue weighted by Gasteiger charge is -2.17. The standard InChI is InChI=1S/C9H18O3/c1-6(2)8(5)12-9(10)11-7(3)4/h6-8H,1-5H3/t8-/m0/s1. The van der Waals surface area contributed by atoms with Gasteiger partial charge < -0.3 is 9.47 Å². The zero-order valence-electron chi connectivity index (χ0n) is 8.46. The summed E-state index contributed by atoms with van der Waals surface area (Å²) >= 11 is 0. The normalized spacial score (nSPS) is 13.2. The Balaban J connectivity index is 3.69. The van der Waals surface area contributed by atoms with Gasteiger partial charge in [0.05, 0.1) is 6.10 Å². The van der Waals surface area contributed by atoms with E-state index in [1.807, 2.05) is 20.8 Å². The van der Waals surface area contributed by atoms with Crippen molar-refractivity contribution in [2.45, 2.75) is 46.8 Å². The van der Waals surface area contributed by atoms with Crippen LogP contribution < -0.4 is 0 Å². The molecular formula is C9H18O3. The predicted molar refractivity (Wildman–Crippen MR) is 47.0 cm³/mol. The molecule has 0 aromatic rings. The summed E-state index contributed by atoms with van der Waals surface area (Å²) in [5.74, 6) is 0.324. The lowest BCUT2D eigenvalue weighted by Crippen LogP contribution is -2.22. The third kappa shape index (κ3) is 4.99. The van der Waals surface area contributed by atoms with Crippen molar-refractivity contribution < 1.29 is 14.3 Å². The summed E-state index contributed by atoms with van der Waals surface area (Å²) in [4.78, 5) is 10.9. The first kappa shape index (κ1) is 11.3. The summed E-state index contributed by atoms with van der Waals surface area (Å²) in [7, 11) is 0. The molecule has 0 heterocycles. The van der Waals surface area contributed by atoms with Crippen LogP contribution in [0, 0.1) is 5.92 Å². The average molecular weight is 174 g/mol. The van der Waals surface area contributed by atoms with E-state index in [-0.39, 0.29) is 12.2 Å². The maximum atomic E-state index is 10.9. The minimum atomic E-state index is -0.578. The van der Waals surface area contributed by atoms with Gasteiger partial charge in [-0.15, -0.1) is 0 Å². The molecule has 0 aliphatic rings. The summed E-state index contributed by atoms with van der Waals surface area (Å²) in [6.07, 6.45) is -0.778. The van der Waals surface area contributed by atoms with E-state index < -0.39 is 6.16 Å². The molecule has 72 valence electrons. The second-order valence-corrected chi connectivity index (χ2v) is 3.48. The van der Waals surface area contributed by atoms with E-state index in [2.05, 4.69) is 0 Å². The monoisotopic (exact) mass is 174 g/mol. The van der Waals surface area contributed by atoms with E-state index in [0.717, 1.165) is 0 Å². The Morgan fingerprint density at radius 2 is 1.50 bits per heavy atom. The van der Waals surface area contributed by atoms with Crippen molar-refractivity contribution in [3.63, 3.8) is 0 Å². The van der Waals surface area contributed by atoms with Crippen LogP contribution in [0.2, 0.25) is 0 Å². The number of rotatable bonds is 3. The highest BCUT2D eigenvalue weighted by Crippen LogP contribution is 2.06. The first-order valence-corrected chi connectivity index (χ1v) is 4.30. The number of carbonyl (C=O) groups is 1. The lowest BCUT2D eigenvalue weighted by molar-refractivity contribution is -0.000244. The Kier molecular flexibility index (Phi) is 4.71. The number of hydrogen-bond donors (Lipinski definition) is 0. The van der Waals surface area contributed by atoms with Gasteiger partial charge in [-0.3, -0.25) is 0 Å². The molecular weight excluding hydrogens is 156 g/mol. The maximum Gasteiger partial charge on any atom is 0.508 e. The SMILES string of the molecule is CC(C)OC(=O)O[C@@H](C)C(C)C. The lowest BCUT2D eigenvalue weighted by atomic mass is 10.1. The third-order valence-electron chi connectivity index (χ3n) is 1.55. The van der Waals surface area contributed by atoms with Gasteiger partial charge in [-0.1, -0.05) is 13.8 Å². The molecule has 0 aromatic carbocycles. The van der Waals surface area contributed by atoms with Crippen molar-refractivity contribution in [2.24, 2.45) is 5.92 Å². The van der Waals surface area contributed by atoms with Crippen LogP contribution in [0.25, 0.3) is 0 Å². The van der Waals surface area contributed by atoms with Gasteiger partial charge in [-0.25, -0.2) is 4.79 Å². The van der Waals surface area contributed by atoms with Gasteiger partial charge in [0.25, 0.3) is 0 Å². The van der Waals surface area contributed by atoms with E-state index in [4.69, 9.17) is 9.47 Å². The number of ether oxygens (including phenoxy) is 2. The zero-order chi connectivity index (χ0) is 9.72. The van der Waals surface area contributed by atoms with Crippen LogP contribution in [-0.2, 0) is 9.47 Å². The first-order chi connectivity index (χ1) is 5.43. The van der Waals surface area contributed by atoms with Gasteiger partial charge in [0.2, 0.25) is 0 Å². The molecule has 1 atom stereocenters. The van der Waals surface area contributed by atoms with Crippen molar-refractivity contribution in [1.82, 2.24) is 0 Å². The van der Waals surface area contributed by atoms with Crippen LogP contribution in [0.1, 0.15) is 34.6 Å². The molecule has 0 saturated carbocycles. The Bertz CT molecular complexity index is 141. The highest BCUT2D eigenvalue weighted by Gasteiger charge is 2.14. The van der Waals surface area contributed by atoms with Crippen molar-refractivity contribution in [3.05, 3.63) is 0 Å². The topological polar surface area (TPSA) is 35.5 Å². The Labute approximate surface area is 74.0 Å². The van der Waals surface area contributed by atoms with Gasteiger partial charge in [0, 0.05) is 0 Å². The highest BCUT2D eigenvalue weighted by atomic mass is 16.7. The molecule has 0 aliphatic carbocycles. The van der Waals surface area contributed by atoms with Crippen LogP contribution in [0.15, 0.2) is 0 Å². The van der Waals surface area contributed by atoms with E-state index >= 15 is 0 Å². The fourth-order valence-electron chi connectivity index (χ4n) is 0.508. The van der Waals surface area contributed by atoms with E-state index in [1.165, 1.54) is 0 Å². The highest BCUT2D eigenvalue weighted by molar-refractivity contribution is 5.60. The predicted octanol–water partition coefficient (Wildman–Crippen LogP) is 2.59. The average Bonchev–Trinajstić information content (AvgIpc) is 1.84. The molecule has 3 nitrogen and oxygen atoms in total. The van der Waals surface area contributed by atoms with Gasteiger partial charge in [-0.05, 0) is 26.7 Å². The quantitative estimate of drug-likeness (QED) is 0.617. The van der Waals surface area contributed by atoms with Gasteiger partial charge in [-0.2, -0.15) is 0 Å². The van der Waals surface area contributed by atoms with Gasteiger partial charge >= 0.3 is 6.16 Å². The fraction of sp³-hybridized carbons (Fsp3) is 0.889. The first-order valence-electron chi connectivity index (χ1n) is 4.30. The van der Waals surface area contributed by atoms with Crippen molar-refractivity contribution in [1.29, 1.82) is 0 Å². The van der Waals surface area contributed by atoms with Crippen molar-refractivity contribution in [3.8, 4) is 0 Å². The number of hydrogen-bond acceptors (Lipinski definition) is 3. The van der Waals surface area contributed by atoms with Crippen molar-refractivity contribution >= 4 is 6.16 Å². The summed E-state index contributed by atoms with van der Waals surface area (Å²) in [5, 5.41) is 0. The summed E-state index contributed by atoms with van der Waals surface area (Å²) < 4.78 is 9.77. The molecule has 0 saturated heterocycles. The summed E-state index contributed by atoms with van der Waals surface area (Å²) in [6.45, 7) is 9.43. The third-order valence-corrected chi connectivity index (χ3v) is 1.55. The fourth-order valence-corrected chi connectivity index (χ4v) is 0.508. The Hall–Kier alpha value is -0.730. The molecule has 12 heavy (non-hydrogen) atoms. The minimum Gasteiger partial charge on any atom is -0.432 e. The van der Waals surface area contributed by atoms with E-state index in [0.29, 0.717) is 5.92 Å². The van der Waals surface area contributed by atoms with E-state index in [1.54, 1.807) is 13.8 Å². The van der Waals surface area contributed by atoms with Crippen LogP contribution in [0.5, 0.6) is 0 Å². The molecule has 0 bridgehead atoms. The Morgan fingerprint density at radius 1 is 1.00 bits per heavy atom. The second kappa shape index (κ2) is 5.01. The smallest absolute Gasteiger partial charge is 0.432 e. The molecule has 0 fully saturated rings. The molecule has 0 spiro atoms. The summed E-state index contributed by atoms with van der Waals surface area (Å²) in [5.41, 5.74) is 0. The number of carbonyl (C=O) groups excluding carboxylic acids is 1. The van der Waals surface area contributed by atoms with Crippen LogP contribution in [0.3, 0.4) is 0 Å². The van der Waals surface area contributed by atoms with Crippen LogP contribution >= 0.6 is 0 Å². The van der Waals surface area contributed by atoms with Crippen LogP contribution in [-0.4, -0.2) is 18.4 Å². The van der Waals surface area contributed by atoms with Gasteiger partial charge in [0.15, 0.2) is 0 Å². The minimum absolute atomic E-state index is 0.0868. The maximum absolute atomic E-state index is 10.9. The van der Waals surface area contributed by atoms with Crippen LogP contribution in [0.4, 0.5) is 4.79 Å². The second-order valence-electron chi connectivity index (χ2n) is 3.48. The molecule has 3 heteroatoms. The molecule has 0 amide bonds. The zero-order valence-corrected chi connectivity index (χ0v) is 8.46. The molecule has 0 aliphatic heterocycles. The molecule has 0 radical (unpaired) electrons. The van der Waals surface area contributed by atoms with Gasteiger partial charge in [0.1, 0.15) is 6.10 Å².